The zero-order valence-corrected chi connectivity index (χ0v) is 7.67. The number of ether oxygens (including phenoxy) is 2. The third-order valence-electron chi connectivity index (χ3n) is 2.21. The normalized spacial score (nSPS) is 21.9. The van der Waals surface area contributed by atoms with Crippen molar-refractivity contribution < 1.29 is 9.47 Å². The van der Waals surface area contributed by atoms with Crippen molar-refractivity contribution >= 4 is 0 Å². The Kier molecular flexibility index (Phi) is 2.00. The van der Waals surface area contributed by atoms with Gasteiger partial charge in [0.15, 0.2) is 11.5 Å². The highest BCUT2D eigenvalue weighted by atomic mass is 16.6. The van der Waals surface area contributed by atoms with Gasteiger partial charge in [0, 0.05) is 11.8 Å². The first-order valence-electron chi connectivity index (χ1n) is 4.40. The summed E-state index contributed by atoms with van der Waals surface area (Å²) in [7, 11) is 0. The molecule has 1 saturated heterocycles. The van der Waals surface area contributed by atoms with E-state index >= 15 is 0 Å². The highest BCUT2D eigenvalue weighted by Gasteiger charge is 2.16. The van der Waals surface area contributed by atoms with E-state index in [-0.39, 0.29) is 0 Å². The predicted molar refractivity (Wildman–Crippen MR) is 49.6 cm³/mol. The Morgan fingerprint density at radius 1 is 1.23 bits per heavy atom. The minimum absolute atomic E-state index is 0.607. The van der Waals surface area contributed by atoms with Gasteiger partial charge in [0.25, 0.3) is 0 Å². The maximum Gasteiger partial charge on any atom is 0.163 e. The van der Waals surface area contributed by atoms with E-state index in [9.17, 15) is 0 Å². The molecule has 0 aromatic rings. The van der Waals surface area contributed by atoms with Crippen molar-refractivity contribution in [2.75, 3.05) is 13.2 Å². The zero-order chi connectivity index (χ0) is 9.26. The summed E-state index contributed by atoms with van der Waals surface area (Å²) < 4.78 is 10.9. The molecule has 0 aromatic carbocycles. The lowest BCUT2D eigenvalue weighted by Gasteiger charge is -2.19. The Morgan fingerprint density at radius 3 is 2.69 bits per heavy atom. The summed E-state index contributed by atoms with van der Waals surface area (Å²) in [5.74, 6) is 1.59. The second-order valence-electron chi connectivity index (χ2n) is 3.21. The summed E-state index contributed by atoms with van der Waals surface area (Å²) in [5.41, 5.74) is 7.76. The number of hydrogen-bond donors (Lipinski definition) is 1. The van der Waals surface area contributed by atoms with Crippen LogP contribution in [0.3, 0.4) is 0 Å². The van der Waals surface area contributed by atoms with Crippen molar-refractivity contribution in [2.45, 2.75) is 13.3 Å². The molecule has 0 saturated carbocycles. The Hall–Kier alpha value is -1.38. The number of nitrogens with two attached hydrogens (primary N) is 1. The molecule has 3 heteroatoms. The van der Waals surface area contributed by atoms with Gasteiger partial charge in [-0.3, -0.25) is 0 Å². The van der Waals surface area contributed by atoms with Crippen molar-refractivity contribution in [3.05, 3.63) is 34.9 Å². The monoisotopic (exact) mass is 179 g/mol. The van der Waals surface area contributed by atoms with E-state index in [1.165, 1.54) is 0 Å². The van der Waals surface area contributed by atoms with Crippen LogP contribution in [0.5, 0.6) is 0 Å². The van der Waals surface area contributed by atoms with E-state index in [1.807, 2.05) is 19.1 Å². The maximum atomic E-state index is 5.82. The molecule has 1 fully saturated rings. The van der Waals surface area contributed by atoms with Gasteiger partial charge in [0.1, 0.15) is 13.2 Å². The number of rotatable bonds is 0. The number of fused-ring (bicyclic) bond motifs is 1. The molecule has 1 aliphatic heterocycles. The molecular weight excluding hydrogens is 166 g/mol. The van der Waals surface area contributed by atoms with Crippen LogP contribution in [0.4, 0.5) is 0 Å². The molecule has 2 rings (SSSR count). The van der Waals surface area contributed by atoms with Gasteiger partial charge in [-0.25, -0.2) is 0 Å². The molecule has 2 N–H and O–H groups in total. The Labute approximate surface area is 77.5 Å². The van der Waals surface area contributed by atoms with Crippen molar-refractivity contribution in [1.29, 1.82) is 0 Å². The summed E-state index contributed by atoms with van der Waals surface area (Å²) in [5, 5.41) is 0. The van der Waals surface area contributed by atoms with Gasteiger partial charge in [-0.2, -0.15) is 0 Å². The molecule has 0 atom stereocenters. The van der Waals surface area contributed by atoms with E-state index in [2.05, 4.69) is 0 Å². The van der Waals surface area contributed by atoms with Crippen LogP contribution in [0, 0.1) is 0 Å². The first-order valence-corrected chi connectivity index (χ1v) is 4.40. The molecule has 13 heavy (non-hydrogen) atoms. The van der Waals surface area contributed by atoms with Gasteiger partial charge in [-0.05, 0) is 25.0 Å². The SMILES string of the molecule is CC1=C(N)C=C2OCCOC2=CC1. The molecule has 0 unspecified atom stereocenters. The summed E-state index contributed by atoms with van der Waals surface area (Å²) in [6.45, 7) is 3.25. The molecule has 0 bridgehead atoms. The summed E-state index contributed by atoms with van der Waals surface area (Å²) >= 11 is 0. The van der Waals surface area contributed by atoms with E-state index in [0.717, 1.165) is 29.2 Å². The smallest absolute Gasteiger partial charge is 0.163 e. The average molecular weight is 179 g/mol. The van der Waals surface area contributed by atoms with Gasteiger partial charge in [0.05, 0.1) is 0 Å². The lowest BCUT2D eigenvalue weighted by atomic mass is 10.2. The van der Waals surface area contributed by atoms with Crippen LogP contribution >= 0.6 is 0 Å². The van der Waals surface area contributed by atoms with E-state index in [0.29, 0.717) is 13.2 Å². The molecule has 0 amide bonds. The third-order valence-corrected chi connectivity index (χ3v) is 2.21. The van der Waals surface area contributed by atoms with E-state index in [1.54, 1.807) is 0 Å². The number of hydrogen-bond acceptors (Lipinski definition) is 3. The van der Waals surface area contributed by atoms with Crippen LogP contribution in [0.15, 0.2) is 34.9 Å². The predicted octanol–water partition coefficient (Wildman–Crippen LogP) is 1.44. The van der Waals surface area contributed by atoms with Crippen LogP contribution in [-0.2, 0) is 9.47 Å². The molecule has 0 spiro atoms. The van der Waals surface area contributed by atoms with Crippen molar-refractivity contribution in [3.8, 4) is 0 Å². The topological polar surface area (TPSA) is 44.5 Å². The summed E-state index contributed by atoms with van der Waals surface area (Å²) in [4.78, 5) is 0. The van der Waals surface area contributed by atoms with Gasteiger partial charge in [-0.15, -0.1) is 0 Å². The van der Waals surface area contributed by atoms with Gasteiger partial charge in [-0.1, -0.05) is 0 Å². The molecule has 3 nitrogen and oxygen atoms in total. The van der Waals surface area contributed by atoms with Crippen LogP contribution < -0.4 is 5.73 Å². The standard InChI is InChI=1S/C10H13NO2/c1-7-2-3-9-10(6-8(7)11)13-5-4-12-9/h3,6H,2,4-5,11H2,1H3. The van der Waals surface area contributed by atoms with Crippen molar-refractivity contribution in [1.82, 2.24) is 0 Å². The minimum Gasteiger partial charge on any atom is -0.486 e. The molecular formula is C10H13NO2. The van der Waals surface area contributed by atoms with Crippen molar-refractivity contribution in [3.63, 3.8) is 0 Å². The second-order valence-corrected chi connectivity index (χ2v) is 3.21. The third kappa shape index (κ3) is 1.54. The fourth-order valence-electron chi connectivity index (χ4n) is 1.35. The van der Waals surface area contributed by atoms with E-state index < -0.39 is 0 Å². The lowest BCUT2D eigenvalue weighted by molar-refractivity contribution is 0.0593. The van der Waals surface area contributed by atoms with Gasteiger partial charge >= 0.3 is 0 Å². The highest BCUT2D eigenvalue weighted by molar-refractivity contribution is 5.36. The molecule has 0 radical (unpaired) electrons. The highest BCUT2D eigenvalue weighted by Crippen LogP contribution is 2.24. The Bertz CT molecular complexity index is 313. The molecule has 2 aliphatic rings. The van der Waals surface area contributed by atoms with Gasteiger partial charge in [0.2, 0.25) is 0 Å². The fourth-order valence-corrected chi connectivity index (χ4v) is 1.35. The lowest BCUT2D eigenvalue weighted by Crippen LogP contribution is -2.14. The molecule has 70 valence electrons. The fraction of sp³-hybridized carbons (Fsp3) is 0.400. The zero-order valence-electron chi connectivity index (χ0n) is 7.67. The molecule has 1 aliphatic carbocycles. The quantitative estimate of drug-likeness (QED) is 0.612. The maximum absolute atomic E-state index is 5.82. The Morgan fingerprint density at radius 2 is 1.92 bits per heavy atom. The van der Waals surface area contributed by atoms with E-state index in [4.69, 9.17) is 15.2 Å². The van der Waals surface area contributed by atoms with Crippen LogP contribution in [0.2, 0.25) is 0 Å². The second kappa shape index (κ2) is 3.17. The van der Waals surface area contributed by atoms with Crippen molar-refractivity contribution in [2.24, 2.45) is 5.73 Å². The first kappa shape index (κ1) is 8.23. The van der Waals surface area contributed by atoms with Crippen LogP contribution in [0.1, 0.15) is 13.3 Å². The first-order chi connectivity index (χ1) is 6.27. The van der Waals surface area contributed by atoms with Crippen LogP contribution in [-0.4, -0.2) is 13.2 Å². The average Bonchev–Trinajstić information content (AvgIpc) is 2.28. The molecule has 0 aromatic heterocycles. The minimum atomic E-state index is 0.607. The largest absolute Gasteiger partial charge is 0.486 e. The summed E-state index contributed by atoms with van der Waals surface area (Å²) in [6, 6.07) is 0. The van der Waals surface area contributed by atoms with Gasteiger partial charge < -0.3 is 15.2 Å². The number of allylic oxidation sites excluding steroid dienone is 3. The Balaban J connectivity index is 2.34. The summed E-state index contributed by atoms with van der Waals surface area (Å²) in [6.07, 6.45) is 4.69. The van der Waals surface area contributed by atoms with Crippen LogP contribution in [0.25, 0.3) is 0 Å². The molecule has 1 heterocycles.